The SMILES string of the molecule is COC(=O)Nc1cc(CO)c2c(c1)NCC2. The van der Waals surface area contributed by atoms with Gasteiger partial charge in [0.25, 0.3) is 0 Å². The minimum atomic E-state index is -0.512. The number of fused-ring (bicyclic) bond motifs is 1. The van der Waals surface area contributed by atoms with Crippen LogP contribution in [0, 0.1) is 0 Å². The summed E-state index contributed by atoms with van der Waals surface area (Å²) in [6, 6.07) is 3.61. The average molecular weight is 222 g/mol. The second-order valence-corrected chi connectivity index (χ2v) is 3.61. The fraction of sp³-hybridized carbons (Fsp3) is 0.364. The quantitative estimate of drug-likeness (QED) is 0.706. The van der Waals surface area contributed by atoms with Crippen LogP contribution in [0.4, 0.5) is 16.2 Å². The van der Waals surface area contributed by atoms with Crippen LogP contribution in [0.2, 0.25) is 0 Å². The van der Waals surface area contributed by atoms with Gasteiger partial charge in [-0.1, -0.05) is 0 Å². The minimum absolute atomic E-state index is 0.0271. The number of aliphatic hydroxyl groups excluding tert-OH is 1. The first-order valence-corrected chi connectivity index (χ1v) is 5.10. The summed E-state index contributed by atoms with van der Waals surface area (Å²) in [6.45, 7) is 0.838. The van der Waals surface area contributed by atoms with Crippen molar-refractivity contribution in [1.82, 2.24) is 0 Å². The summed E-state index contributed by atoms with van der Waals surface area (Å²) < 4.78 is 4.51. The van der Waals surface area contributed by atoms with Crippen molar-refractivity contribution in [1.29, 1.82) is 0 Å². The van der Waals surface area contributed by atoms with Crippen LogP contribution in [-0.2, 0) is 17.8 Å². The first kappa shape index (κ1) is 10.8. The van der Waals surface area contributed by atoms with E-state index < -0.39 is 6.09 Å². The van der Waals surface area contributed by atoms with Crippen LogP contribution < -0.4 is 10.6 Å². The maximum atomic E-state index is 11.1. The molecule has 16 heavy (non-hydrogen) atoms. The Hall–Kier alpha value is -1.75. The largest absolute Gasteiger partial charge is 0.453 e. The van der Waals surface area contributed by atoms with E-state index in [1.54, 1.807) is 6.07 Å². The van der Waals surface area contributed by atoms with Gasteiger partial charge in [0.2, 0.25) is 0 Å². The Bertz CT molecular complexity index is 418. The third-order valence-corrected chi connectivity index (χ3v) is 2.63. The Labute approximate surface area is 93.4 Å². The van der Waals surface area contributed by atoms with Crippen molar-refractivity contribution in [3.8, 4) is 0 Å². The number of hydrogen-bond donors (Lipinski definition) is 3. The molecule has 0 aromatic heterocycles. The van der Waals surface area contributed by atoms with Gasteiger partial charge in [-0.25, -0.2) is 4.79 Å². The zero-order chi connectivity index (χ0) is 11.5. The van der Waals surface area contributed by atoms with Crippen molar-refractivity contribution < 1.29 is 14.6 Å². The van der Waals surface area contributed by atoms with E-state index in [2.05, 4.69) is 15.4 Å². The molecule has 0 unspecified atom stereocenters. The van der Waals surface area contributed by atoms with Crippen LogP contribution in [0.3, 0.4) is 0 Å². The van der Waals surface area contributed by atoms with E-state index in [9.17, 15) is 9.90 Å². The first-order valence-electron chi connectivity index (χ1n) is 5.10. The van der Waals surface area contributed by atoms with Gasteiger partial charge in [0, 0.05) is 17.9 Å². The highest BCUT2D eigenvalue weighted by atomic mass is 16.5. The van der Waals surface area contributed by atoms with E-state index in [4.69, 9.17) is 0 Å². The van der Waals surface area contributed by atoms with Crippen molar-refractivity contribution in [2.75, 3.05) is 24.3 Å². The number of nitrogens with one attached hydrogen (secondary N) is 2. The maximum absolute atomic E-state index is 11.1. The number of ether oxygens (including phenoxy) is 1. The Balaban J connectivity index is 2.30. The Morgan fingerprint density at radius 1 is 1.62 bits per heavy atom. The number of carbonyl (C=O) groups excluding carboxylic acids is 1. The van der Waals surface area contributed by atoms with E-state index >= 15 is 0 Å². The molecule has 1 aliphatic heterocycles. The molecule has 86 valence electrons. The highest BCUT2D eigenvalue weighted by molar-refractivity contribution is 5.86. The molecule has 0 bridgehead atoms. The molecule has 0 saturated heterocycles. The number of aliphatic hydroxyl groups is 1. The van der Waals surface area contributed by atoms with Crippen LogP contribution >= 0.6 is 0 Å². The lowest BCUT2D eigenvalue weighted by atomic mass is 10.0. The maximum Gasteiger partial charge on any atom is 0.411 e. The number of amides is 1. The van der Waals surface area contributed by atoms with Crippen molar-refractivity contribution >= 4 is 17.5 Å². The zero-order valence-corrected chi connectivity index (χ0v) is 9.04. The number of hydrogen-bond acceptors (Lipinski definition) is 4. The number of rotatable bonds is 2. The van der Waals surface area contributed by atoms with Crippen molar-refractivity contribution in [2.45, 2.75) is 13.0 Å². The fourth-order valence-corrected chi connectivity index (χ4v) is 1.89. The van der Waals surface area contributed by atoms with Crippen LogP contribution in [0.1, 0.15) is 11.1 Å². The molecule has 0 spiro atoms. The molecular weight excluding hydrogens is 208 g/mol. The standard InChI is InChI=1S/C11H14N2O3/c1-16-11(15)13-8-4-7(6-14)9-2-3-12-10(9)5-8/h4-5,12,14H,2-3,6H2,1H3,(H,13,15). The lowest BCUT2D eigenvalue weighted by Crippen LogP contribution is -2.11. The second kappa shape index (κ2) is 4.40. The monoisotopic (exact) mass is 222 g/mol. The van der Waals surface area contributed by atoms with E-state index in [-0.39, 0.29) is 6.61 Å². The Kier molecular flexibility index (Phi) is 2.96. The van der Waals surface area contributed by atoms with E-state index in [1.165, 1.54) is 7.11 Å². The van der Waals surface area contributed by atoms with Gasteiger partial charge in [-0.15, -0.1) is 0 Å². The minimum Gasteiger partial charge on any atom is -0.453 e. The van der Waals surface area contributed by atoms with Crippen molar-refractivity contribution in [2.24, 2.45) is 0 Å². The van der Waals surface area contributed by atoms with Gasteiger partial charge in [-0.3, -0.25) is 5.32 Å². The summed E-state index contributed by atoms with van der Waals surface area (Å²) >= 11 is 0. The molecular formula is C11H14N2O3. The summed E-state index contributed by atoms with van der Waals surface area (Å²) in [6.07, 6.45) is 0.394. The molecule has 2 rings (SSSR count). The lowest BCUT2D eigenvalue weighted by Gasteiger charge is -2.10. The van der Waals surface area contributed by atoms with E-state index in [0.29, 0.717) is 5.69 Å². The zero-order valence-electron chi connectivity index (χ0n) is 9.04. The third-order valence-electron chi connectivity index (χ3n) is 2.63. The van der Waals surface area contributed by atoms with E-state index in [0.717, 1.165) is 29.8 Å². The van der Waals surface area contributed by atoms with Crippen LogP contribution in [-0.4, -0.2) is 24.9 Å². The average Bonchev–Trinajstić information content (AvgIpc) is 2.75. The molecule has 3 N–H and O–H groups in total. The van der Waals surface area contributed by atoms with E-state index in [1.807, 2.05) is 6.07 Å². The van der Waals surface area contributed by atoms with Crippen molar-refractivity contribution in [3.05, 3.63) is 23.3 Å². The normalized spacial score (nSPS) is 12.9. The van der Waals surface area contributed by atoms with Gasteiger partial charge in [0.1, 0.15) is 0 Å². The van der Waals surface area contributed by atoms with Gasteiger partial charge < -0.3 is 15.2 Å². The molecule has 5 heteroatoms. The highest BCUT2D eigenvalue weighted by Gasteiger charge is 2.16. The highest BCUT2D eigenvalue weighted by Crippen LogP contribution is 2.29. The molecule has 1 aliphatic rings. The summed E-state index contributed by atoms with van der Waals surface area (Å²) in [5, 5.41) is 15.0. The Morgan fingerprint density at radius 2 is 2.44 bits per heavy atom. The van der Waals surface area contributed by atoms with Gasteiger partial charge in [0.15, 0.2) is 0 Å². The van der Waals surface area contributed by atoms with Crippen LogP contribution in [0.25, 0.3) is 0 Å². The van der Waals surface area contributed by atoms with Gasteiger partial charge in [0.05, 0.1) is 13.7 Å². The molecule has 0 aliphatic carbocycles. The lowest BCUT2D eigenvalue weighted by molar-refractivity contribution is 0.187. The molecule has 0 radical (unpaired) electrons. The predicted octanol–water partition coefficient (Wildman–Crippen LogP) is 1.33. The molecule has 0 atom stereocenters. The van der Waals surface area contributed by atoms with Gasteiger partial charge in [-0.2, -0.15) is 0 Å². The van der Waals surface area contributed by atoms with Gasteiger partial charge >= 0.3 is 6.09 Å². The third kappa shape index (κ3) is 1.94. The smallest absolute Gasteiger partial charge is 0.411 e. The van der Waals surface area contributed by atoms with Crippen LogP contribution in [0.15, 0.2) is 12.1 Å². The van der Waals surface area contributed by atoms with Gasteiger partial charge in [-0.05, 0) is 29.7 Å². The molecule has 0 fully saturated rings. The molecule has 1 aromatic rings. The molecule has 5 nitrogen and oxygen atoms in total. The Morgan fingerprint density at radius 3 is 3.12 bits per heavy atom. The number of anilines is 2. The van der Waals surface area contributed by atoms with Crippen LogP contribution in [0.5, 0.6) is 0 Å². The van der Waals surface area contributed by atoms with Crippen molar-refractivity contribution in [3.63, 3.8) is 0 Å². The second-order valence-electron chi connectivity index (χ2n) is 3.61. The topological polar surface area (TPSA) is 70.6 Å². The summed E-state index contributed by atoms with van der Waals surface area (Å²) in [5.74, 6) is 0. The molecule has 1 aromatic carbocycles. The number of carbonyl (C=O) groups is 1. The summed E-state index contributed by atoms with van der Waals surface area (Å²) in [4.78, 5) is 11.1. The first-order chi connectivity index (χ1) is 7.74. The molecule has 1 amide bonds. The molecule has 0 saturated carbocycles. The fourth-order valence-electron chi connectivity index (χ4n) is 1.89. The summed E-state index contributed by atoms with van der Waals surface area (Å²) in [7, 11) is 1.31. The molecule has 1 heterocycles. The summed E-state index contributed by atoms with van der Waals surface area (Å²) in [5.41, 5.74) is 3.56. The predicted molar refractivity (Wildman–Crippen MR) is 60.6 cm³/mol. The number of methoxy groups -OCH3 is 1. The number of benzene rings is 1.